The lowest BCUT2D eigenvalue weighted by molar-refractivity contribution is -0.159. The van der Waals surface area contributed by atoms with Gasteiger partial charge in [-0.3, -0.25) is 14.4 Å². The van der Waals surface area contributed by atoms with Gasteiger partial charge in [-0.25, -0.2) is 4.39 Å². The Kier molecular flexibility index (Phi) is 8.53. The number of allylic oxidation sites excluding steroid dienone is 1. The van der Waals surface area contributed by atoms with Crippen LogP contribution in [0.1, 0.15) is 54.9 Å². The lowest BCUT2D eigenvalue weighted by atomic mass is 9.74. The van der Waals surface area contributed by atoms with Gasteiger partial charge in [0.25, 0.3) is 5.91 Å². The van der Waals surface area contributed by atoms with E-state index in [4.69, 9.17) is 18.9 Å². The van der Waals surface area contributed by atoms with E-state index in [0.717, 1.165) is 28.8 Å². The van der Waals surface area contributed by atoms with Crippen LogP contribution in [0.25, 0.3) is 10.8 Å². The minimum Gasteiger partial charge on any atom is -0.496 e. The van der Waals surface area contributed by atoms with Gasteiger partial charge in [-0.15, -0.1) is 0 Å². The van der Waals surface area contributed by atoms with Crippen LogP contribution < -0.4 is 14.8 Å². The number of benzene rings is 3. The topological polar surface area (TPSA) is 100 Å². The highest BCUT2D eigenvalue weighted by Gasteiger charge is 2.49. The third-order valence-corrected chi connectivity index (χ3v) is 9.79. The average Bonchev–Trinajstić information content (AvgIpc) is 3.67. The van der Waals surface area contributed by atoms with Gasteiger partial charge in [-0.2, -0.15) is 0 Å². The van der Waals surface area contributed by atoms with E-state index in [1.165, 1.54) is 20.3 Å². The number of ether oxygens (including phenoxy) is 4. The average molecular weight is 616 g/mol. The van der Waals surface area contributed by atoms with Crippen molar-refractivity contribution in [3.05, 3.63) is 83.7 Å². The molecule has 3 aromatic carbocycles. The molecule has 1 N–H and O–H groups in total. The maximum Gasteiger partial charge on any atom is 0.312 e. The van der Waals surface area contributed by atoms with E-state index in [1.54, 1.807) is 0 Å². The number of carbonyl (C=O) groups excluding carboxylic acids is 3. The van der Waals surface area contributed by atoms with Crippen LogP contribution in [-0.4, -0.2) is 44.2 Å². The molecule has 0 saturated heterocycles. The molecule has 0 heterocycles. The first-order valence-electron chi connectivity index (χ1n) is 15.5. The Morgan fingerprint density at radius 1 is 0.956 bits per heavy atom. The molecule has 0 spiro atoms. The minimum absolute atomic E-state index is 0.00856. The maximum atomic E-state index is 15.1. The van der Waals surface area contributed by atoms with Crippen LogP contribution in [-0.2, 0) is 25.7 Å². The minimum atomic E-state index is -0.681. The lowest BCUT2D eigenvalue weighted by Crippen LogP contribution is -2.46. The summed E-state index contributed by atoms with van der Waals surface area (Å²) in [4.78, 5) is 39.1. The predicted octanol–water partition coefficient (Wildman–Crippen LogP) is 6.15. The quantitative estimate of drug-likeness (QED) is 0.228. The molecule has 2 bridgehead atoms. The van der Waals surface area contributed by atoms with Crippen LogP contribution in [0.3, 0.4) is 0 Å². The molecule has 8 nitrogen and oxygen atoms in total. The largest absolute Gasteiger partial charge is 0.496 e. The van der Waals surface area contributed by atoms with Crippen molar-refractivity contribution in [1.82, 2.24) is 5.32 Å². The number of halogens is 1. The summed E-state index contributed by atoms with van der Waals surface area (Å²) < 4.78 is 37.3. The van der Waals surface area contributed by atoms with Crippen molar-refractivity contribution >= 4 is 28.6 Å². The van der Waals surface area contributed by atoms with E-state index in [0.29, 0.717) is 25.7 Å². The first-order valence-corrected chi connectivity index (χ1v) is 15.5. The van der Waals surface area contributed by atoms with Crippen molar-refractivity contribution in [3.63, 3.8) is 0 Å². The SMILES string of the molecule is COC(=O)C1C2C=CC(C2)C1NC(=O)c1cc(OC2CCC(C)(C(=O)OCc3cccc4ccccc34)CC2)c(F)cc1OC. The third-order valence-electron chi connectivity index (χ3n) is 9.79. The molecule has 6 rings (SSSR count). The van der Waals surface area contributed by atoms with Crippen molar-refractivity contribution in [2.24, 2.45) is 23.2 Å². The first-order chi connectivity index (χ1) is 21.7. The van der Waals surface area contributed by atoms with E-state index in [1.807, 2.05) is 61.5 Å². The monoisotopic (exact) mass is 615 g/mol. The molecule has 2 saturated carbocycles. The Bertz CT molecular complexity index is 1640. The van der Waals surface area contributed by atoms with Crippen LogP contribution in [0.15, 0.2) is 66.7 Å². The van der Waals surface area contributed by atoms with Gasteiger partial charge in [0.2, 0.25) is 0 Å². The number of esters is 2. The van der Waals surface area contributed by atoms with Crippen LogP contribution >= 0.6 is 0 Å². The summed E-state index contributed by atoms with van der Waals surface area (Å²) in [6, 6.07) is 16.0. The molecular formula is C36H38FNO7. The molecule has 4 unspecified atom stereocenters. The van der Waals surface area contributed by atoms with Gasteiger partial charge >= 0.3 is 11.9 Å². The summed E-state index contributed by atoms with van der Waals surface area (Å²) in [6.07, 6.45) is 6.50. The van der Waals surface area contributed by atoms with Crippen LogP contribution in [0.5, 0.6) is 11.5 Å². The molecule has 1 amide bonds. The smallest absolute Gasteiger partial charge is 0.312 e. The summed E-state index contributed by atoms with van der Waals surface area (Å²) in [5.74, 6) is -2.22. The summed E-state index contributed by atoms with van der Waals surface area (Å²) in [7, 11) is 2.71. The van der Waals surface area contributed by atoms with Gasteiger partial charge in [0, 0.05) is 12.1 Å². The zero-order valence-corrected chi connectivity index (χ0v) is 25.7. The van der Waals surface area contributed by atoms with Gasteiger partial charge in [0.15, 0.2) is 11.6 Å². The van der Waals surface area contributed by atoms with Gasteiger partial charge in [-0.05, 0) is 73.3 Å². The summed E-state index contributed by atoms with van der Waals surface area (Å²) in [5.41, 5.74) is 0.385. The molecule has 3 aliphatic rings. The van der Waals surface area contributed by atoms with Crippen LogP contribution in [0.4, 0.5) is 4.39 Å². The Labute approximate surface area is 261 Å². The van der Waals surface area contributed by atoms with Gasteiger partial charge < -0.3 is 24.3 Å². The summed E-state index contributed by atoms with van der Waals surface area (Å²) in [6.45, 7) is 2.09. The summed E-state index contributed by atoms with van der Waals surface area (Å²) in [5, 5.41) is 5.12. The molecule has 0 radical (unpaired) electrons. The van der Waals surface area contributed by atoms with Crippen LogP contribution in [0, 0.1) is 29.0 Å². The Hall–Kier alpha value is -4.40. The first kappa shape index (κ1) is 30.6. The molecule has 0 aliphatic heterocycles. The predicted molar refractivity (Wildman–Crippen MR) is 165 cm³/mol. The molecule has 236 valence electrons. The highest BCUT2D eigenvalue weighted by molar-refractivity contribution is 5.98. The van der Waals surface area contributed by atoms with E-state index in [-0.39, 0.29) is 53.5 Å². The fourth-order valence-corrected chi connectivity index (χ4v) is 7.14. The lowest BCUT2D eigenvalue weighted by Gasteiger charge is -2.35. The third kappa shape index (κ3) is 6.00. The highest BCUT2D eigenvalue weighted by atomic mass is 19.1. The number of rotatable bonds is 9. The van der Waals surface area contributed by atoms with Crippen molar-refractivity contribution < 1.29 is 37.7 Å². The van der Waals surface area contributed by atoms with Crippen molar-refractivity contribution in [3.8, 4) is 11.5 Å². The van der Waals surface area contributed by atoms with E-state index < -0.39 is 29.1 Å². The maximum absolute atomic E-state index is 15.1. The second-order valence-electron chi connectivity index (χ2n) is 12.6. The van der Waals surface area contributed by atoms with E-state index in [2.05, 4.69) is 5.32 Å². The van der Waals surface area contributed by atoms with Crippen molar-refractivity contribution in [1.29, 1.82) is 0 Å². The Morgan fingerprint density at radius 2 is 1.69 bits per heavy atom. The number of fused-ring (bicyclic) bond motifs is 3. The molecular weight excluding hydrogens is 577 g/mol. The highest BCUT2D eigenvalue weighted by Crippen LogP contribution is 2.45. The van der Waals surface area contributed by atoms with Crippen molar-refractivity contribution in [2.75, 3.05) is 14.2 Å². The molecule has 0 aromatic heterocycles. The zero-order valence-electron chi connectivity index (χ0n) is 25.7. The molecule has 45 heavy (non-hydrogen) atoms. The number of hydrogen-bond donors (Lipinski definition) is 1. The normalized spacial score (nSPS) is 26.8. The van der Waals surface area contributed by atoms with Crippen molar-refractivity contribution in [2.45, 2.75) is 57.8 Å². The second-order valence-corrected chi connectivity index (χ2v) is 12.6. The van der Waals surface area contributed by atoms with Gasteiger partial charge in [-0.1, -0.05) is 54.6 Å². The number of hydrogen-bond acceptors (Lipinski definition) is 7. The van der Waals surface area contributed by atoms with Gasteiger partial charge in [0.1, 0.15) is 12.4 Å². The standard InChI is InChI=1S/C36H38FNO7/c1-36(35(41)44-20-24-9-6-8-21-7-4-5-10-26(21)24)15-13-25(14-16-36)45-30-18-27(29(42-2)19-28(30)37)33(39)38-32-23-12-11-22(17-23)31(32)34(40)43-3/h4-12,18-19,22-23,25,31-32H,13-17,20H2,1-3H3,(H,38,39). The molecule has 3 aromatic rings. The number of methoxy groups -OCH3 is 2. The second kappa shape index (κ2) is 12.5. The molecule has 3 aliphatic carbocycles. The van der Waals surface area contributed by atoms with E-state index >= 15 is 4.39 Å². The number of nitrogens with one attached hydrogen (secondary N) is 1. The summed E-state index contributed by atoms with van der Waals surface area (Å²) >= 11 is 0. The molecule has 4 atom stereocenters. The van der Waals surface area contributed by atoms with Gasteiger partial charge in [0.05, 0.1) is 37.2 Å². The van der Waals surface area contributed by atoms with E-state index in [9.17, 15) is 14.4 Å². The fraction of sp³-hybridized carbons (Fsp3) is 0.417. The van der Waals surface area contributed by atoms with Crippen LogP contribution in [0.2, 0.25) is 0 Å². The molecule has 9 heteroatoms. The number of carbonyl (C=O) groups is 3. The Morgan fingerprint density at radius 3 is 2.44 bits per heavy atom. The molecule has 2 fully saturated rings. The Balaban J connectivity index is 1.09. The zero-order chi connectivity index (χ0) is 31.7. The number of amides is 1. The fourth-order valence-electron chi connectivity index (χ4n) is 7.14.